The Morgan fingerprint density at radius 1 is 0.750 bits per heavy atom. The summed E-state index contributed by atoms with van der Waals surface area (Å²) in [6.07, 6.45) is 14.9. The van der Waals surface area contributed by atoms with E-state index < -0.39 is 0 Å². The second-order valence-corrected chi connectivity index (χ2v) is 9.89. The van der Waals surface area contributed by atoms with Gasteiger partial charge in [0.25, 0.3) is 0 Å². The van der Waals surface area contributed by atoms with Gasteiger partial charge in [0, 0.05) is 32.0 Å². The van der Waals surface area contributed by atoms with Crippen LogP contribution in [0.3, 0.4) is 0 Å². The minimum atomic E-state index is 0.424. The number of allylic oxidation sites excluding steroid dienone is 5. The summed E-state index contributed by atoms with van der Waals surface area (Å²) < 4.78 is 3.83. The molecule has 1 atom stereocenters. The second kappa shape index (κ2) is 7.08. The minimum Gasteiger partial charge on any atom is -0.310 e. The van der Waals surface area contributed by atoms with Crippen LogP contribution in [0, 0.1) is 0 Å². The average molecular weight is 430 g/mol. The van der Waals surface area contributed by atoms with Gasteiger partial charge in [-0.05, 0) is 66.1 Å². The number of fused-ring (bicyclic) bond motifs is 6. The largest absolute Gasteiger partial charge is 0.310 e. The summed E-state index contributed by atoms with van der Waals surface area (Å²) in [5.74, 6) is 0.424. The van der Waals surface area contributed by atoms with Gasteiger partial charge in [0.2, 0.25) is 0 Å². The summed E-state index contributed by atoms with van der Waals surface area (Å²) in [6, 6.07) is 24.8. The maximum absolute atomic E-state index is 2.46. The van der Waals surface area contributed by atoms with E-state index in [2.05, 4.69) is 102 Å². The van der Waals surface area contributed by atoms with E-state index in [-0.39, 0.29) is 0 Å². The number of aromatic nitrogens is 1. The van der Waals surface area contributed by atoms with Crippen LogP contribution in [-0.2, 0) is 0 Å². The van der Waals surface area contributed by atoms with Gasteiger partial charge in [-0.25, -0.2) is 0 Å². The zero-order valence-corrected chi connectivity index (χ0v) is 18.6. The molecule has 0 aliphatic heterocycles. The summed E-state index contributed by atoms with van der Waals surface area (Å²) in [7, 11) is 0. The molecule has 0 saturated heterocycles. The van der Waals surface area contributed by atoms with Crippen molar-refractivity contribution >= 4 is 55.0 Å². The highest BCUT2D eigenvalue weighted by molar-refractivity contribution is 7.19. The molecule has 0 spiro atoms. The van der Waals surface area contributed by atoms with Crippen LogP contribution in [0.5, 0.6) is 0 Å². The molecule has 7 rings (SSSR count). The van der Waals surface area contributed by atoms with Gasteiger partial charge in [0.15, 0.2) is 0 Å². The Labute approximate surface area is 191 Å². The van der Waals surface area contributed by atoms with E-state index in [0.717, 1.165) is 19.3 Å². The predicted octanol–water partition coefficient (Wildman–Crippen LogP) is 8.75. The van der Waals surface area contributed by atoms with Crippen LogP contribution in [0.1, 0.15) is 41.2 Å². The molecule has 0 saturated carbocycles. The molecule has 2 aliphatic carbocycles. The first-order valence-corrected chi connectivity index (χ1v) is 12.3. The molecule has 0 fully saturated rings. The lowest BCUT2D eigenvalue weighted by atomic mass is 9.87. The van der Waals surface area contributed by atoms with Crippen LogP contribution in [-0.4, -0.2) is 4.57 Å². The van der Waals surface area contributed by atoms with E-state index >= 15 is 0 Å². The van der Waals surface area contributed by atoms with Crippen molar-refractivity contribution in [1.29, 1.82) is 0 Å². The molecule has 154 valence electrons. The molecule has 2 heteroatoms. The van der Waals surface area contributed by atoms with Crippen LogP contribution in [0.2, 0.25) is 0 Å². The van der Waals surface area contributed by atoms with E-state index in [1.165, 1.54) is 53.6 Å². The number of hydrogen-bond acceptors (Lipinski definition) is 1. The molecule has 1 nitrogen and oxygen atoms in total. The highest BCUT2D eigenvalue weighted by Crippen LogP contribution is 2.45. The summed E-state index contributed by atoms with van der Waals surface area (Å²) in [6.45, 7) is 0. The zero-order chi connectivity index (χ0) is 21.1. The summed E-state index contributed by atoms with van der Waals surface area (Å²) in [4.78, 5) is 1.51. The molecule has 2 aromatic heterocycles. The van der Waals surface area contributed by atoms with Crippen LogP contribution in [0.25, 0.3) is 43.7 Å². The van der Waals surface area contributed by atoms with Crippen molar-refractivity contribution in [3.63, 3.8) is 0 Å². The Bertz CT molecular complexity index is 1600. The number of nitrogens with zero attached hydrogens (tertiary/aromatic N) is 1. The number of thiophene rings is 1. The van der Waals surface area contributed by atoms with E-state index in [1.807, 2.05) is 11.3 Å². The fourth-order valence-electron chi connectivity index (χ4n) is 5.48. The van der Waals surface area contributed by atoms with E-state index in [4.69, 9.17) is 0 Å². The molecule has 32 heavy (non-hydrogen) atoms. The van der Waals surface area contributed by atoms with Gasteiger partial charge in [0.1, 0.15) is 0 Å². The van der Waals surface area contributed by atoms with Gasteiger partial charge in [-0.1, -0.05) is 66.8 Å². The van der Waals surface area contributed by atoms with Crippen LogP contribution in [0.15, 0.2) is 91.0 Å². The van der Waals surface area contributed by atoms with Gasteiger partial charge in [-0.2, -0.15) is 0 Å². The first-order chi connectivity index (χ1) is 15.9. The van der Waals surface area contributed by atoms with E-state index in [1.54, 1.807) is 0 Å². The first kappa shape index (κ1) is 18.2. The van der Waals surface area contributed by atoms with Crippen molar-refractivity contribution in [3.8, 4) is 0 Å². The lowest BCUT2D eigenvalue weighted by Crippen LogP contribution is -2.03. The van der Waals surface area contributed by atoms with Gasteiger partial charge in [-0.3, -0.25) is 0 Å². The SMILES string of the molecule is C1=CC(n2c3ccccc3c3cc(C4CC=Cc5c4sc4ccccc54)ccc32)=CCC1. The first-order valence-electron chi connectivity index (χ1n) is 11.5. The number of hydrogen-bond donors (Lipinski definition) is 0. The molecular formula is C30H23NS. The second-order valence-electron chi connectivity index (χ2n) is 8.80. The lowest BCUT2D eigenvalue weighted by Gasteiger charge is -2.19. The fraction of sp³-hybridized carbons (Fsp3) is 0.133. The van der Waals surface area contributed by atoms with E-state index in [0.29, 0.717) is 5.92 Å². The number of rotatable bonds is 2. The van der Waals surface area contributed by atoms with Crippen molar-refractivity contribution < 1.29 is 0 Å². The highest BCUT2D eigenvalue weighted by Gasteiger charge is 2.24. The van der Waals surface area contributed by atoms with Crippen molar-refractivity contribution in [1.82, 2.24) is 4.57 Å². The average Bonchev–Trinajstić information content (AvgIpc) is 3.40. The van der Waals surface area contributed by atoms with Crippen molar-refractivity contribution in [2.75, 3.05) is 0 Å². The lowest BCUT2D eigenvalue weighted by molar-refractivity contribution is 0.841. The van der Waals surface area contributed by atoms with Crippen LogP contribution < -0.4 is 0 Å². The Kier molecular flexibility index (Phi) is 4.03. The van der Waals surface area contributed by atoms with E-state index in [9.17, 15) is 0 Å². The Morgan fingerprint density at radius 3 is 2.50 bits per heavy atom. The van der Waals surface area contributed by atoms with Gasteiger partial charge in [-0.15, -0.1) is 11.3 Å². The minimum absolute atomic E-state index is 0.424. The predicted molar refractivity (Wildman–Crippen MR) is 139 cm³/mol. The molecule has 1 unspecified atom stereocenters. The molecule has 2 heterocycles. The quantitative estimate of drug-likeness (QED) is 0.264. The highest BCUT2D eigenvalue weighted by atomic mass is 32.1. The molecule has 5 aromatic rings. The molecule has 3 aromatic carbocycles. The van der Waals surface area contributed by atoms with Crippen LogP contribution in [0.4, 0.5) is 0 Å². The third-order valence-corrected chi connectivity index (χ3v) is 8.27. The molecule has 2 aliphatic rings. The maximum atomic E-state index is 2.46. The Morgan fingerprint density at radius 2 is 1.59 bits per heavy atom. The molecule has 0 radical (unpaired) electrons. The van der Waals surface area contributed by atoms with Gasteiger partial charge >= 0.3 is 0 Å². The Hall–Kier alpha value is -3.36. The topological polar surface area (TPSA) is 4.93 Å². The van der Waals surface area contributed by atoms with Crippen molar-refractivity contribution in [2.45, 2.75) is 25.2 Å². The number of benzene rings is 3. The summed E-state index contributed by atoms with van der Waals surface area (Å²) in [5, 5.41) is 4.09. The van der Waals surface area contributed by atoms with Crippen LogP contribution >= 0.6 is 11.3 Å². The Balaban J connectivity index is 1.45. The standard InChI is InChI=1S/C30H23NS/c1-2-9-21(10-3-1)31-27-15-6-4-11-23(27)26-19-20(17-18-28(26)31)22-13-8-14-25-24-12-5-7-16-29(24)32-30(22)25/h2,4-12,14-19,22H,1,3,13H2. The normalized spacial score (nSPS) is 17.9. The monoisotopic (exact) mass is 429 g/mol. The fourth-order valence-corrected chi connectivity index (χ4v) is 6.82. The third kappa shape index (κ3) is 2.63. The van der Waals surface area contributed by atoms with Gasteiger partial charge < -0.3 is 4.57 Å². The maximum Gasteiger partial charge on any atom is 0.0541 e. The third-order valence-electron chi connectivity index (χ3n) is 6.97. The summed E-state index contributed by atoms with van der Waals surface area (Å²) in [5.41, 5.74) is 6.73. The smallest absolute Gasteiger partial charge is 0.0541 e. The number of para-hydroxylation sites is 1. The zero-order valence-electron chi connectivity index (χ0n) is 17.8. The molecule has 0 N–H and O–H groups in total. The van der Waals surface area contributed by atoms with Crippen molar-refractivity contribution in [2.24, 2.45) is 0 Å². The molecular weight excluding hydrogens is 406 g/mol. The van der Waals surface area contributed by atoms with Crippen molar-refractivity contribution in [3.05, 3.63) is 107 Å². The molecule has 0 bridgehead atoms. The summed E-state index contributed by atoms with van der Waals surface area (Å²) >= 11 is 1.96. The molecule has 0 amide bonds. The van der Waals surface area contributed by atoms with Gasteiger partial charge in [0.05, 0.1) is 11.0 Å².